The van der Waals surface area contributed by atoms with E-state index in [-0.39, 0.29) is 11.4 Å². The number of aromatic hydroxyl groups is 1. The van der Waals surface area contributed by atoms with Crippen molar-refractivity contribution in [3.63, 3.8) is 0 Å². The maximum atomic E-state index is 10.6. The van der Waals surface area contributed by atoms with Gasteiger partial charge in [0.2, 0.25) is 5.11 Å². The Morgan fingerprint density at radius 1 is 1.65 bits per heavy atom. The van der Waals surface area contributed by atoms with Crippen molar-refractivity contribution in [2.45, 2.75) is 0 Å². The lowest BCUT2D eigenvalue weighted by Crippen LogP contribution is -2.82. The Morgan fingerprint density at radius 3 is 2.94 bits per heavy atom. The molecule has 0 saturated heterocycles. The van der Waals surface area contributed by atoms with Crippen molar-refractivity contribution in [3.05, 3.63) is 33.9 Å². The van der Waals surface area contributed by atoms with Crippen molar-refractivity contribution in [1.82, 2.24) is 10.7 Å². The molecular formula is C9H11N4O3S+. The Balaban J connectivity index is 2.82. The first kappa shape index (κ1) is 12.8. The Bertz CT molecular complexity index is 475. The fraction of sp³-hybridized carbons (Fsp3) is 0.111. The zero-order chi connectivity index (χ0) is 12.8. The van der Waals surface area contributed by atoms with Crippen LogP contribution in [0.25, 0.3) is 0 Å². The molecule has 0 aliphatic rings. The molecular weight excluding hydrogens is 244 g/mol. The monoisotopic (exact) mass is 255 g/mol. The van der Waals surface area contributed by atoms with E-state index >= 15 is 0 Å². The number of nitrogens with zero attached hydrogens (tertiary/aromatic N) is 1. The maximum absolute atomic E-state index is 10.6. The molecule has 4 N–H and O–H groups in total. The van der Waals surface area contributed by atoms with Gasteiger partial charge in [0.05, 0.1) is 4.92 Å². The minimum absolute atomic E-state index is 0.350. The zero-order valence-electron chi connectivity index (χ0n) is 8.93. The molecule has 90 valence electrons. The third-order valence-corrected chi connectivity index (χ3v) is 2.15. The second-order valence-electron chi connectivity index (χ2n) is 3.00. The molecule has 0 radical (unpaired) electrons. The Hall–Kier alpha value is -2.22. The van der Waals surface area contributed by atoms with Crippen molar-refractivity contribution >= 4 is 29.2 Å². The first-order valence-electron chi connectivity index (χ1n) is 4.58. The van der Waals surface area contributed by atoms with Gasteiger partial charge in [-0.25, -0.2) is 0 Å². The number of benzene rings is 1. The summed E-state index contributed by atoms with van der Waals surface area (Å²) < 4.78 is 0. The molecule has 0 bridgehead atoms. The second kappa shape index (κ2) is 5.75. The van der Waals surface area contributed by atoms with Gasteiger partial charge < -0.3 is 10.4 Å². The van der Waals surface area contributed by atoms with Crippen LogP contribution < -0.4 is 15.8 Å². The van der Waals surface area contributed by atoms with Crippen molar-refractivity contribution < 1.29 is 15.1 Å². The van der Waals surface area contributed by atoms with Gasteiger partial charge in [0.1, 0.15) is 0 Å². The van der Waals surface area contributed by atoms with Gasteiger partial charge in [0, 0.05) is 18.7 Å². The van der Waals surface area contributed by atoms with E-state index in [1.807, 2.05) is 0 Å². The number of rotatable bonds is 3. The number of hydrazone groups is 1. The van der Waals surface area contributed by atoms with Gasteiger partial charge in [-0.15, -0.1) is 10.5 Å². The van der Waals surface area contributed by atoms with E-state index in [4.69, 9.17) is 12.2 Å². The Morgan fingerprint density at radius 2 is 2.35 bits per heavy atom. The van der Waals surface area contributed by atoms with Crippen LogP contribution in [0, 0.1) is 10.1 Å². The van der Waals surface area contributed by atoms with E-state index in [0.29, 0.717) is 10.7 Å². The average molecular weight is 255 g/mol. The number of nitro groups is 1. The van der Waals surface area contributed by atoms with Gasteiger partial charge in [-0.2, -0.15) is 0 Å². The lowest BCUT2D eigenvalue weighted by molar-refractivity contribution is -0.500. The summed E-state index contributed by atoms with van der Waals surface area (Å²) in [6.07, 6.45) is 1.48. The summed E-state index contributed by atoms with van der Waals surface area (Å²) in [5.41, 5.74) is 2.80. The largest absolute Gasteiger partial charge is 0.502 e. The average Bonchev–Trinajstić information content (AvgIpc) is 2.30. The zero-order valence-corrected chi connectivity index (χ0v) is 9.75. The van der Waals surface area contributed by atoms with Crippen LogP contribution >= 0.6 is 12.2 Å². The van der Waals surface area contributed by atoms with Crippen LogP contribution in [0.1, 0.15) is 5.56 Å². The maximum Gasteiger partial charge on any atom is 0.311 e. The van der Waals surface area contributed by atoms with Crippen LogP contribution in [-0.4, -0.2) is 28.4 Å². The summed E-state index contributed by atoms with van der Waals surface area (Å²) in [4.78, 5) is 9.91. The SMILES string of the molecule is CNC(=S)N[NH+]=Cc1ccc(O)c([N+](=O)[O-])c1. The molecule has 1 rings (SSSR count). The Labute approximate surface area is 102 Å². The van der Waals surface area contributed by atoms with Gasteiger partial charge in [-0.05, 0) is 24.4 Å². The van der Waals surface area contributed by atoms with Crippen molar-refractivity contribution in [1.29, 1.82) is 0 Å². The highest BCUT2D eigenvalue weighted by Gasteiger charge is 2.13. The van der Waals surface area contributed by atoms with Gasteiger partial charge in [0.15, 0.2) is 12.0 Å². The summed E-state index contributed by atoms with van der Waals surface area (Å²) in [5, 5.41) is 25.5. The predicted molar refractivity (Wildman–Crippen MR) is 65.7 cm³/mol. The van der Waals surface area contributed by atoms with Crippen molar-refractivity contribution in [2.24, 2.45) is 0 Å². The summed E-state index contributed by atoms with van der Waals surface area (Å²) in [7, 11) is 1.66. The van der Waals surface area contributed by atoms with Crippen LogP contribution in [0.4, 0.5) is 5.69 Å². The molecule has 0 aliphatic heterocycles. The van der Waals surface area contributed by atoms with Crippen LogP contribution in [0.3, 0.4) is 0 Å². The van der Waals surface area contributed by atoms with E-state index < -0.39 is 4.92 Å². The fourth-order valence-corrected chi connectivity index (χ4v) is 1.08. The van der Waals surface area contributed by atoms with Crippen molar-refractivity contribution in [2.75, 3.05) is 7.05 Å². The van der Waals surface area contributed by atoms with Gasteiger partial charge in [-0.3, -0.25) is 10.1 Å². The minimum atomic E-state index is -0.654. The molecule has 0 aromatic heterocycles. The molecule has 0 spiro atoms. The van der Waals surface area contributed by atoms with Crippen LogP contribution in [0.15, 0.2) is 18.2 Å². The number of phenols is 1. The van der Waals surface area contributed by atoms with Gasteiger partial charge in [0.25, 0.3) is 0 Å². The normalized spacial score (nSPS) is 10.2. The Kier molecular flexibility index (Phi) is 4.35. The smallest absolute Gasteiger partial charge is 0.311 e. The molecule has 0 heterocycles. The highest BCUT2D eigenvalue weighted by molar-refractivity contribution is 7.80. The van der Waals surface area contributed by atoms with Gasteiger partial charge in [-0.1, -0.05) is 0 Å². The first-order chi connectivity index (χ1) is 8.04. The fourth-order valence-electron chi connectivity index (χ4n) is 1.02. The quantitative estimate of drug-likeness (QED) is 0.234. The van der Waals surface area contributed by atoms with E-state index in [9.17, 15) is 15.2 Å². The predicted octanol–water partition coefficient (Wildman–Crippen LogP) is -1.19. The lowest BCUT2D eigenvalue weighted by Gasteiger charge is -1.96. The van der Waals surface area contributed by atoms with E-state index in [1.54, 1.807) is 7.05 Å². The number of nitrogens with one attached hydrogen (secondary N) is 3. The van der Waals surface area contributed by atoms with E-state index in [2.05, 4.69) is 15.8 Å². The molecule has 0 atom stereocenters. The number of hydrazine groups is 1. The molecule has 17 heavy (non-hydrogen) atoms. The van der Waals surface area contributed by atoms with Gasteiger partial charge >= 0.3 is 5.69 Å². The molecule has 1 aromatic carbocycles. The first-order valence-corrected chi connectivity index (χ1v) is 4.99. The molecule has 0 amide bonds. The molecule has 0 fully saturated rings. The molecule has 8 heteroatoms. The molecule has 0 unspecified atom stereocenters. The summed E-state index contributed by atoms with van der Waals surface area (Å²) in [5.74, 6) is -0.370. The topological polar surface area (TPSA) is 101 Å². The number of hydrogen-bond acceptors (Lipinski definition) is 4. The number of phenolic OH excluding ortho intramolecular Hbond substituents is 1. The lowest BCUT2D eigenvalue weighted by atomic mass is 10.2. The number of nitro benzene ring substituents is 1. The summed E-state index contributed by atoms with van der Waals surface area (Å²) in [6.45, 7) is 0. The second-order valence-corrected chi connectivity index (χ2v) is 3.41. The highest BCUT2D eigenvalue weighted by atomic mass is 32.1. The highest BCUT2D eigenvalue weighted by Crippen LogP contribution is 2.25. The van der Waals surface area contributed by atoms with E-state index in [1.165, 1.54) is 24.4 Å². The molecule has 0 aliphatic carbocycles. The standard InChI is InChI=1S/C9H10N4O3S/c1-10-9(17)12-11-5-6-2-3-8(14)7(4-6)13(15)16/h2-5,14H,1H3,(H2,10,12,17)/p+1. The van der Waals surface area contributed by atoms with Crippen LogP contribution in [0.2, 0.25) is 0 Å². The third kappa shape index (κ3) is 3.68. The minimum Gasteiger partial charge on any atom is -0.502 e. The molecule has 1 aromatic rings. The summed E-state index contributed by atoms with van der Waals surface area (Å²) in [6, 6.07) is 4.02. The number of hydrogen-bond donors (Lipinski definition) is 4. The van der Waals surface area contributed by atoms with E-state index in [0.717, 1.165) is 0 Å². The van der Waals surface area contributed by atoms with Crippen LogP contribution in [0.5, 0.6) is 5.75 Å². The third-order valence-electron chi connectivity index (χ3n) is 1.85. The summed E-state index contributed by atoms with van der Waals surface area (Å²) >= 11 is 4.81. The number of thiocarbonyl (C=S) groups is 1. The molecule has 0 saturated carbocycles. The van der Waals surface area contributed by atoms with Crippen LogP contribution in [-0.2, 0) is 0 Å². The van der Waals surface area contributed by atoms with Crippen molar-refractivity contribution in [3.8, 4) is 5.75 Å². The molecule has 7 nitrogen and oxygen atoms in total.